The zero-order valence-electron chi connectivity index (χ0n) is 16.6. The van der Waals surface area contributed by atoms with Crippen LogP contribution >= 0.6 is 0 Å². The maximum absolute atomic E-state index is 12.4. The molecule has 0 saturated heterocycles. The van der Waals surface area contributed by atoms with Crippen LogP contribution < -0.4 is 5.32 Å². The van der Waals surface area contributed by atoms with Gasteiger partial charge in [-0.25, -0.2) is 4.98 Å². The predicted octanol–water partition coefficient (Wildman–Crippen LogP) is 3.51. The van der Waals surface area contributed by atoms with E-state index in [2.05, 4.69) is 17.2 Å². The summed E-state index contributed by atoms with van der Waals surface area (Å²) in [7, 11) is 3.69. The minimum absolute atomic E-state index is 0.0792. The van der Waals surface area contributed by atoms with Crippen LogP contribution in [0.4, 0.5) is 5.69 Å². The molecule has 1 heterocycles. The Morgan fingerprint density at radius 3 is 2.64 bits per heavy atom. The topological polar surface area (TPSA) is 67.2 Å². The van der Waals surface area contributed by atoms with Crippen LogP contribution in [-0.4, -0.2) is 33.3 Å². The summed E-state index contributed by atoms with van der Waals surface area (Å²) < 4.78 is 1.99. The van der Waals surface area contributed by atoms with E-state index in [-0.39, 0.29) is 24.7 Å². The molecule has 1 aromatic heterocycles. The van der Waals surface area contributed by atoms with Gasteiger partial charge in [0, 0.05) is 32.6 Å². The summed E-state index contributed by atoms with van der Waals surface area (Å²) in [5.74, 6) is 0.583. The van der Waals surface area contributed by atoms with Crippen molar-refractivity contribution in [1.29, 1.82) is 0 Å². The Bertz CT molecular complexity index is 993. The van der Waals surface area contributed by atoms with Gasteiger partial charge in [0.25, 0.3) is 0 Å². The van der Waals surface area contributed by atoms with E-state index in [4.69, 9.17) is 0 Å². The van der Waals surface area contributed by atoms with Gasteiger partial charge in [0.15, 0.2) is 0 Å². The highest BCUT2D eigenvalue weighted by Crippen LogP contribution is 2.16. The highest BCUT2D eigenvalue weighted by atomic mass is 16.2. The second-order valence-corrected chi connectivity index (χ2v) is 6.93. The largest absolute Gasteiger partial charge is 0.338 e. The molecule has 0 aliphatic rings. The van der Waals surface area contributed by atoms with Crippen molar-refractivity contribution in [2.45, 2.75) is 32.7 Å². The van der Waals surface area contributed by atoms with Crippen LogP contribution in [-0.2, 0) is 29.6 Å². The fraction of sp³-hybridized carbons (Fsp3) is 0.318. The van der Waals surface area contributed by atoms with Crippen LogP contribution in [0.5, 0.6) is 0 Å². The molecule has 2 aromatic carbocycles. The van der Waals surface area contributed by atoms with Crippen molar-refractivity contribution >= 4 is 28.5 Å². The molecule has 0 aliphatic heterocycles. The number of fused-ring (bicyclic) bond motifs is 1. The van der Waals surface area contributed by atoms with Gasteiger partial charge in [-0.2, -0.15) is 0 Å². The number of benzene rings is 2. The second kappa shape index (κ2) is 8.69. The van der Waals surface area contributed by atoms with Crippen molar-refractivity contribution in [3.05, 3.63) is 59.9 Å². The zero-order chi connectivity index (χ0) is 20.1. The van der Waals surface area contributed by atoms with E-state index in [9.17, 15) is 9.59 Å². The first-order valence-electron chi connectivity index (χ1n) is 9.51. The Balaban J connectivity index is 1.53. The molecule has 0 fully saturated rings. The monoisotopic (exact) mass is 378 g/mol. The lowest BCUT2D eigenvalue weighted by atomic mass is 10.1. The van der Waals surface area contributed by atoms with Gasteiger partial charge in [-0.15, -0.1) is 0 Å². The Morgan fingerprint density at radius 1 is 1.11 bits per heavy atom. The van der Waals surface area contributed by atoms with E-state index < -0.39 is 0 Å². The summed E-state index contributed by atoms with van der Waals surface area (Å²) in [6.07, 6.45) is 1.23. The standard InChI is InChI=1S/C22H26N4O2/c1-4-16-8-7-9-17(14-16)23-21(27)12-13-22(28)25(2)15-20-24-18-10-5-6-11-19(18)26(20)3/h5-11,14H,4,12-13,15H2,1-3H3,(H,23,27). The smallest absolute Gasteiger partial charge is 0.224 e. The number of imidazole rings is 1. The van der Waals surface area contributed by atoms with Crippen molar-refractivity contribution in [3.8, 4) is 0 Å². The lowest BCUT2D eigenvalue weighted by molar-refractivity contribution is -0.132. The van der Waals surface area contributed by atoms with Crippen LogP contribution in [0.15, 0.2) is 48.5 Å². The van der Waals surface area contributed by atoms with Crippen LogP contribution in [0.1, 0.15) is 31.2 Å². The number of aromatic nitrogens is 2. The fourth-order valence-electron chi connectivity index (χ4n) is 3.14. The number of anilines is 1. The molecule has 0 unspecified atom stereocenters. The third kappa shape index (κ3) is 4.57. The first-order valence-corrected chi connectivity index (χ1v) is 9.51. The first-order chi connectivity index (χ1) is 13.5. The quantitative estimate of drug-likeness (QED) is 0.684. The number of carbonyl (C=O) groups is 2. The van der Waals surface area contributed by atoms with Gasteiger partial charge in [-0.1, -0.05) is 31.2 Å². The Hall–Kier alpha value is -3.15. The van der Waals surface area contributed by atoms with Gasteiger partial charge in [0.2, 0.25) is 11.8 Å². The lowest BCUT2D eigenvalue weighted by Gasteiger charge is -2.17. The van der Waals surface area contributed by atoms with Crippen molar-refractivity contribution < 1.29 is 9.59 Å². The summed E-state index contributed by atoms with van der Waals surface area (Å²) in [6.45, 7) is 2.48. The number of carbonyl (C=O) groups excluding carboxylic acids is 2. The van der Waals surface area contributed by atoms with Gasteiger partial charge < -0.3 is 14.8 Å². The SMILES string of the molecule is CCc1cccc(NC(=O)CCC(=O)N(C)Cc2nc3ccccc3n2C)c1. The molecule has 3 aromatic rings. The van der Waals surface area contributed by atoms with Gasteiger partial charge in [-0.3, -0.25) is 9.59 Å². The molecule has 0 spiro atoms. The van der Waals surface area contributed by atoms with E-state index in [1.807, 2.05) is 60.1 Å². The minimum Gasteiger partial charge on any atom is -0.338 e. The number of amides is 2. The van der Waals surface area contributed by atoms with Crippen molar-refractivity contribution in [1.82, 2.24) is 14.5 Å². The van der Waals surface area contributed by atoms with Crippen molar-refractivity contribution in [3.63, 3.8) is 0 Å². The molecule has 6 heteroatoms. The zero-order valence-corrected chi connectivity index (χ0v) is 16.6. The van der Waals surface area contributed by atoms with Gasteiger partial charge in [0.1, 0.15) is 5.82 Å². The average Bonchev–Trinajstić information content (AvgIpc) is 3.02. The van der Waals surface area contributed by atoms with Crippen LogP contribution in [0.3, 0.4) is 0 Å². The number of nitrogens with one attached hydrogen (secondary N) is 1. The van der Waals surface area contributed by atoms with E-state index in [0.29, 0.717) is 6.54 Å². The minimum atomic E-state index is -0.155. The summed E-state index contributed by atoms with van der Waals surface area (Å²) in [5, 5.41) is 2.86. The molecule has 6 nitrogen and oxygen atoms in total. The third-order valence-electron chi connectivity index (χ3n) is 4.87. The van der Waals surface area contributed by atoms with Crippen LogP contribution in [0.2, 0.25) is 0 Å². The van der Waals surface area contributed by atoms with Crippen LogP contribution in [0, 0.1) is 0 Å². The molecule has 2 amide bonds. The maximum Gasteiger partial charge on any atom is 0.224 e. The Kier molecular flexibility index (Phi) is 6.09. The molecular weight excluding hydrogens is 352 g/mol. The third-order valence-corrected chi connectivity index (χ3v) is 4.87. The van der Waals surface area contributed by atoms with Gasteiger partial charge in [-0.05, 0) is 36.2 Å². The normalized spacial score (nSPS) is 10.8. The van der Waals surface area contributed by atoms with Crippen molar-refractivity contribution in [2.75, 3.05) is 12.4 Å². The molecule has 0 radical (unpaired) electrons. The number of rotatable bonds is 7. The van der Waals surface area contributed by atoms with E-state index in [1.54, 1.807) is 11.9 Å². The average molecular weight is 378 g/mol. The number of hydrogen-bond acceptors (Lipinski definition) is 3. The Labute approximate surface area is 165 Å². The van der Waals surface area contributed by atoms with Gasteiger partial charge >= 0.3 is 0 Å². The first kappa shape index (κ1) is 19.6. The summed E-state index contributed by atoms with van der Waals surface area (Å²) >= 11 is 0. The molecule has 0 saturated carbocycles. The summed E-state index contributed by atoms with van der Waals surface area (Å²) in [4.78, 5) is 30.8. The maximum atomic E-state index is 12.4. The molecule has 146 valence electrons. The van der Waals surface area contributed by atoms with E-state index >= 15 is 0 Å². The Morgan fingerprint density at radius 2 is 1.89 bits per heavy atom. The lowest BCUT2D eigenvalue weighted by Crippen LogP contribution is -2.28. The number of aryl methyl sites for hydroxylation is 2. The molecule has 0 atom stereocenters. The van der Waals surface area contributed by atoms with E-state index in [0.717, 1.165) is 34.5 Å². The second-order valence-electron chi connectivity index (χ2n) is 6.93. The summed E-state index contributed by atoms with van der Waals surface area (Å²) in [5.41, 5.74) is 3.88. The predicted molar refractivity (Wildman–Crippen MR) is 111 cm³/mol. The molecular formula is C22H26N4O2. The fourth-order valence-corrected chi connectivity index (χ4v) is 3.14. The van der Waals surface area contributed by atoms with Gasteiger partial charge in [0.05, 0.1) is 17.6 Å². The summed E-state index contributed by atoms with van der Waals surface area (Å²) in [6, 6.07) is 15.6. The number of nitrogens with zero attached hydrogens (tertiary/aromatic N) is 3. The van der Waals surface area contributed by atoms with Crippen LogP contribution in [0.25, 0.3) is 11.0 Å². The highest BCUT2D eigenvalue weighted by Gasteiger charge is 2.15. The van der Waals surface area contributed by atoms with E-state index in [1.165, 1.54) is 0 Å². The molecule has 28 heavy (non-hydrogen) atoms. The molecule has 0 bridgehead atoms. The highest BCUT2D eigenvalue weighted by molar-refractivity contribution is 5.93. The number of hydrogen-bond donors (Lipinski definition) is 1. The molecule has 0 aliphatic carbocycles. The molecule has 1 N–H and O–H groups in total. The van der Waals surface area contributed by atoms with Crippen molar-refractivity contribution in [2.24, 2.45) is 7.05 Å². The molecule has 3 rings (SSSR count). The number of para-hydroxylation sites is 2.